The molecule has 2 heterocycles. The largest absolute Gasteiger partial charge is 0.493 e. The number of nitrogens with zero attached hydrogens (tertiary/aromatic N) is 2. The van der Waals surface area contributed by atoms with Crippen LogP contribution in [0.25, 0.3) is 0 Å². The molecule has 2 unspecified atom stereocenters. The first-order valence-electron chi connectivity index (χ1n) is 9.97. The lowest BCUT2D eigenvalue weighted by molar-refractivity contribution is -0.0189. The predicted molar refractivity (Wildman–Crippen MR) is 127 cm³/mol. The quantitative estimate of drug-likeness (QED) is 0.399. The molecule has 5 nitrogen and oxygen atoms in total. The maximum atomic E-state index is 6.54. The normalized spacial score (nSPS) is 19.0. The molecule has 2 aliphatic rings. The van der Waals surface area contributed by atoms with E-state index in [0.717, 1.165) is 28.2 Å². The topological polar surface area (TPSA) is 43.3 Å². The van der Waals surface area contributed by atoms with Crippen molar-refractivity contribution in [1.29, 1.82) is 0 Å². The Kier molecular flexibility index (Phi) is 5.58. The maximum Gasteiger partial charge on any atom is 0.215 e. The lowest BCUT2D eigenvalue weighted by Gasteiger charge is -2.38. The van der Waals surface area contributed by atoms with Crippen molar-refractivity contribution >= 4 is 40.5 Å². The third-order valence-electron chi connectivity index (χ3n) is 5.70. The van der Waals surface area contributed by atoms with Gasteiger partial charge in [0.2, 0.25) is 6.23 Å². The van der Waals surface area contributed by atoms with Gasteiger partial charge in [0.05, 0.1) is 31.0 Å². The number of halogens is 3. The number of hydrazone groups is 1. The average molecular weight is 490 g/mol. The Labute approximate surface area is 201 Å². The number of ether oxygens (including phenoxy) is 3. The molecule has 2 atom stereocenters. The van der Waals surface area contributed by atoms with Crippen LogP contribution in [0.2, 0.25) is 15.1 Å². The van der Waals surface area contributed by atoms with Crippen molar-refractivity contribution < 1.29 is 14.2 Å². The molecule has 0 radical (unpaired) electrons. The highest BCUT2D eigenvalue weighted by Gasteiger charge is 2.41. The monoisotopic (exact) mass is 488 g/mol. The SMILES string of the molecule is COc1ccc(C2=NN3C(C2)c2cc(Cl)ccc2OC3c2ccc(Cl)cc2Cl)cc1OC. The van der Waals surface area contributed by atoms with Gasteiger partial charge in [-0.25, -0.2) is 5.01 Å². The van der Waals surface area contributed by atoms with E-state index in [4.69, 9.17) is 54.1 Å². The van der Waals surface area contributed by atoms with Crippen LogP contribution in [-0.4, -0.2) is 24.9 Å². The Morgan fingerprint density at radius 2 is 1.62 bits per heavy atom. The number of benzene rings is 3. The first kappa shape index (κ1) is 21.3. The van der Waals surface area contributed by atoms with Gasteiger partial charge in [-0.1, -0.05) is 40.9 Å². The lowest BCUT2D eigenvalue weighted by Crippen LogP contribution is -2.33. The average Bonchev–Trinajstić information content (AvgIpc) is 3.24. The van der Waals surface area contributed by atoms with E-state index in [9.17, 15) is 0 Å². The van der Waals surface area contributed by atoms with Crippen molar-refractivity contribution in [3.05, 3.63) is 86.4 Å². The number of methoxy groups -OCH3 is 2. The Hall–Kier alpha value is -2.60. The summed E-state index contributed by atoms with van der Waals surface area (Å²) in [5.74, 6) is 2.07. The second kappa shape index (κ2) is 8.39. The lowest BCUT2D eigenvalue weighted by atomic mass is 9.95. The number of rotatable bonds is 4. The highest BCUT2D eigenvalue weighted by Crippen LogP contribution is 2.49. The molecular weight excluding hydrogens is 471 g/mol. The predicted octanol–water partition coefficient (Wildman–Crippen LogP) is 6.91. The maximum absolute atomic E-state index is 6.54. The molecule has 0 spiro atoms. The van der Waals surface area contributed by atoms with E-state index in [-0.39, 0.29) is 6.04 Å². The number of hydrogen-bond acceptors (Lipinski definition) is 5. The van der Waals surface area contributed by atoms with Gasteiger partial charge in [0.25, 0.3) is 0 Å². The molecule has 8 heteroatoms. The molecule has 0 saturated heterocycles. The van der Waals surface area contributed by atoms with E-state index in [1.165, 1.54) is 0 Å². The fourth-order valence-corrected chi connectivity index (χ4v) is 4.84. The molecule has 3 aromatic rings. The number of fused-ring (bicyclic) bond motifs is 3. The summed E-state index contributed by atoms with van der Waals surface area (Å²) in [6.45, 7) is 0. The standard InChI is InChI=1S/C24H19Cl3N2O3/c1-30-22-7-3-13(9-23(22)31-2)19-12-20-17-10-14(25)5-8-21(17)32-24(29(20)28-19)16-6-4-15(26)11-18(16)27/h3-11,20,24H,12H2,1-2H3. The van der Waals surface area contributed by atoms with Gasteiger partial charge in [0.1, 0.15) is 5.75 Å². The van der Waals surface area contributed by atoms with E-state index in [0.29, 0.717) is 33.0 Å². The minimum absolute atomic E-state index is 0.0581. The van der Waals surface area contributed by atoms with Gasteiger partial charge < -0.3 is 14.2 Å². The van der Waals surface area contributed by atoms with Crippen LogP contribution in [0.3, 0.4) is 0 Å². The fraction of sp³-hybridized carbons (Fsp3) is 0.208. The van der Waals surface area contributed by atoms with Gasteiger partial charge in [-0.3, -0.25) is 0 Å². The van der Waals surface area contributed by atoms with Crippen molar-refractivity contribution in [2.45, 2.75) is 18.7 Å². The molecule has 5 rings (SSSR count). The van der Waals surface area contributed by atoms with Gasteiger partial charge in [-0.2, -0.15) is 5.10 Å². The fourth-order valence-electron chi connectivity index (χ4n) is 4.16. The Balaban J connectivity index is 1.60. The van der Waals surface area contributed by atoms with Crippen LogP contribution in [-0.2, 0) is 0 Å². The zero-order chi connectivity index (χ0) is 22.4. The summed E-state index contributed by atoms with van der Waals surface area (Å²) >= 11 is 19.0. The number of hydrogen-bond donors (Lipinski definition) is 0. The molecule has 0 amide bonds. The molecule has 0 bridgehead atoms. The molecular formula is C24H19Cl3N2O3. The highest BCUT2D eigenvalue weighted by molar-refractivity contribution is 6.35. The summed E-state index contributed by atoms with van der Waals surface area (Å²) in [7, 11) is 3.23. The summed E-state index contributed by atoms with van der Waals surface area (Å²) in [6, 6.07) is 16.8. The van der Waals surface area contributed by atoms with Crippen molar-refractivity contribution in [2.75, 3.05) is 14.2 Å². The van der Waals surface area contributed by atoms with Gasteiger partial charge in [0, 0.05) is 33.2 Å². The van der Waals surface area contributed by atoms with Crippen LogP contribution >= 0.6 is 34.8 Å². The van der Waals surface area contributed by atoms with Crippen molar-refractivity contribution in [3.8, 4) is 17.2 Å². The molecule has 0 fully saturated rings. The molecule has 0 aliphatic carbocycles. The third-order valence-corrected chi connectivity index (χ3v) is 6.49. The summed E-state index contributed by atoms with van der Waals surface area (Å²) in [4.78, 5) is 0. The zero-order valence-electron chi connectivity index (χ0n) is 17.3. The van der Waals surface area contributed by atoms with Crippen molar-refractivity contribution in [2.24, 2.45) is 5.10 Å². The van der Waals surface area contributed by atoms with Gasteiger partial charge in [0.15, 0.2) is 11.5 Å². The first-order valence-corrected chi connectivity index (χ1v) is 11.1. The second-order valence-corrected chi connectivity index (χ2v) is 8.81. The highest BCUT2D eigenvalue weighted by atomic mass is 35.5. The van der Waals surface area contributed by atoms with Gasteiger partial charge >= 0.3 is 0 Å². The third kappa shape index (κ3) is 3.64. The smallest absolute Gasteiger partial charge is 0.215 e. The first-order chi connectivity index (χ1) is 15.5. The van der Waals surface area contributed by atoms with E-state index in [1.54, 1.807) is 26.4 Å². The zero-order valence-corrected chi connectivity index (χ0v) is 19.6. The van der Waals surface area contributed by atoms with Crippen LogP contribution in [0.1, 0.15) is 35.4 Å². The van der Waals surface area contributed by atoms with Crippen LogP contribution in [0.15, 0.2) is 59.7 Å². The van der Waals surface area contributed by atoms with E-state index in [2.05, 4.69) is 0 Å². The summed E-state index contributed by atoms with van der Waals surface area (Å²) in [5.41, 5.74) is 3.63. The van der Waals surface area contributed by atoms with Gasteiger partial charge in [-0.05, 0) is 48.5 Å². The minimum Gasteiger partial charge on any atom is -0.493 e. The van der Waals surface area contributed by atoms with Crippen LogP contribution in [0.4, 0.5) is 0 Å². The molecule has 32 heavy (non-hydrogen) atoms. The van der Waals surface area contributed by atoms with Crippen LogP contribution in [0.5, 0.6) is 17.2 Å². The van der Waals surface area contributed by atoms with E-state index >= 15 is 0 Å². The van der Waals surface area contributed by atoms with Gasteiger partial charge in [-0.15, -0.1) is 0 Å². The van der Waals surface area contributed by atoms with Crippen LogP contribution < -0.4 is 14.2 Å². The second-order valence-electron chi connectivity index (χ2n) is 7.53. The Bertz CT molecular complexity index is 1230. The summed E-state index contributed by atoms with van der Waals surface area (Å²) < 4.78 is 17.2. The van der Waals surface area contributed by atoms with E-state index < -0.39 is 6.23 Å². The molecule has 3 aromatic carbocycles. The van der Waals surface area contributed by atoms with Crippen molar-refractivity contribution in [1.82, 2.24) is 5.01 Å². The summed E-state index contributed by atoms with van der Waals surface area (Å²) in [6.07, 6.45) is 0.171. The molecule has 0 N–H and O–H groups in total. The molecule has 2 aliphatic heterocycles. The molecule has 0 aromatic heterocycles. The Morgan fingerprint density at radius 3 is 2.38 bits per heavy atom. The molecule has 164 valence electrons. The summed E-state index contributed by atoms with van der Waals surface area (Å²) in [5, 5.41) is 8.63. The van der Waals surface area contributed by atoms with E-state index in [1.807, 2.05) is 47.5 Å². The Morgan fingerprint density at radius 1 is 0.875 bits per heavy atom. The molecule has 0 saturated carbocycles. The van der Waals surface area contributed by atoms with Crippen molar-refractivity contribution in [3.63, 3.8) is 0 Å². The minimum atomic E-state index is -0.504. The van der Waals surface area contributed by atoms with Crippen LogP contribution in [0, 0.1) is 0 Å².